The van der Waals surface area contributed by atoms with Gasteiger partial charge in [-0.2, -0.15) is 0 Å². The quantitative estimate of drug-likeness (QED) is 0.303. The van der Waals surface area contributed by atoms with Gasteiger partial charge in [-0.05, 0) is 49.8 Å². The highest BCUT2D eigenvalue weighted by Gasteiger charge is 2.47. The zero-order valence-electron chi connectivity index (χ0n) is 23.9. The van der Waals surface area contributed by atoms with Crippen LogP contribution in [0.5, 0.6) is 0 Å². The third-order valence-corrected chi connectivity index (χ3v) is 10.6. The molecule has 2 saturated heterocycles. The predicted octanol–water partition coefficient (Wildman–Crippen LogP) is 1.35. The fourth-order valence-electron chi connectivity index (χ4n) is 5.03. The predicted molar refractivity (Wildman–Crippen MR) is 160 cm³/mol. The number of amides is 4. The van der Waals surface area contributed by atoms with E-state index in [1.54, 1.807) is 38.4 Å². The van der Waals surface area contributed by atoms with Crippen LogP contribution >= 0.6 is 23.5 Å². The molecule has 0 bridgehead atoms. The molecule has 4 N–H and O–H groups in total. The summed E-state index contributed by atoms with van der Waals surface area (Å²) >= 11 is 3.88. The van der Waals surface area contributed by atoms with E-state index in [2.05, 4.69) is 20.9 Å². The highest BCUT2D eigenvalue weighted by molar-refractivity contribution is 8.18. The maximum absolute atomic E-state index is 13.3. The minimum atomic E-state index is -1.52. The summed E-state index contributed by atoms with van der Waals surface area (Å²) in [5, 5.41) is 18.9. The summed E-state index contributed by atoms with van der Waals surface area (Å²) in [5.74, 6) is 0.356. The minimum Gasteiger partial charge on any atom is -0.381 e. The molecule has 222 valence electrons. The SMILES string of the molecule is CCCC(NC(=O)C1CC2(CN1C)SCCCCS2)C(O)C(=O)NCC(=O)N[C@H](C(=O)N(C)C)c1ccccc1. The van der Waals surface area contributed by atoms with Crippen LogP contribution in [0.25, 0.3) is 0 Å². The lowest BCUT2D eigenvalue weighted by atomic mass is 10.0. The standard InChI is InChI=1S/C28H43N5O5S2/c1-5-11-20(30-25(36)21-16-28(18-33(21)4)39-14-9-10-15-40-28)24(35)26(37)29-17-22(34)31-23(27(38)32(2)3)19-12-7-6-8-13-19/h6-8,12-13,20-21,23-24,35H,5,9-11,14-18H2,1-4H3,(H,29,37)(H,30,36)(H,31,34)/t20?,21?,23-,24?/m0/s1. The van der Waals surface area contributed by atoms with Gasteiger partial charge in [0.1, 0.15) is 6.04 Å². The Morgan fingerprint density at radius 3 is 2.35 bits per heavy atom. The van der Waals surface area contributed by atoms with E-state index >= 15 is 0 Å². The second-order valence-electron chi connectivity index (χ2n) is 10.7. The molecular weight excluding hydrogens is 550 g/mol. The zero-order chi connectivity index (χ0) is 29.3. The molecule has 1 aromatic carbocycles. The molecule has 4 amide bonds. The molecule has 2 aliphatic heterocycles. The largest absolute Gasteiger partial charge is 0.381 e. The van der Waals surface area contributed by atoms with Crippen LogP contribution in [0, 0.1) is 0 Å². The summed E-state index contributed by atoms with van der Waals surface area (Å²) in [5.41, 5.74) is 0.617. The summed E-state index contributed by atoms with van der Waals surface area (Å²) in [6.07, 6.45) is 2.64. The van der Waals surface area contributed by atoms with E-state index in [0.29, 0.717) is 18.4 Å². The number of aliphatic hydroxyl groups is 1. The molecule has 0 aliphatic carbocycles. The summed E-state index contributed by atoms with van der Waals surface area (Å²) in [6.45, 7) is 2.31. The second kappa shape index (κ2) is 15.1. The van der Waals surface area contributed by atoms with Crippen LogP contribution in [0.15, 0.2) is 30.3 Å². The Morgan fingerprint density at radius 1 is 1.10 bits per heavy atom. The van der Waals surface area contributed by atoms with Crippen LogP contribution in [0.1, 0.15) is 50.6 Å². The van der Waals surface area contributed by atoms with Crippen molar-refractivity contribution in [1.82, 2.24) is 25.8 Å². The third kappa shape index (κ3) is 8.61. The Kier molecular flexibility index (Phi) is 12.2. The van der Waals surface area contributed by atoms with Crippen molar-refractivity contribution in [2.24, 2.45) is 0 Å². The molecule has 0 saturated carbocycles. The first-order chi connectivity index (χ1) is 19.1. The van der Waals surface area contributed by atoms with Gasteiger partial charge in [-0.15, -0.1) is 23.5 Å². The Balaban J connectivity index is 1.57. The van der Waals surface area contributed by atoms with Crippen molar-refractivity contribution in [2.75, 3.05) is 45.7 Å². The first-order valence-electron chi connectivity index (χ1n) is 13.9. The zero-order valence-corrected chi connectivity index (χ0v) is 25.5. The summed E-state index contributed by atoms with van der Waals surface area (Å²) in [6, 6.07) is 6.81. The topological polar surface area (TPSA) is 131 Å². The highest BCUT2D eigenvalue weighted by atomic mass is 32.2. The number of likely N-dealkylation sites (tertiary alicyclic amines) is 1. The molecule has 12 heteroatoms. The fourth-order valence-corrected chi connectivity index (χ4v) is 8.44. The van der Waals surface area contributed by atoms with Gasteiger partial charge in [-0.3, -0.25) is 24.1 Å². The fraction of sp³-hybridized carbons (Fsp3) is 0.643. The first-order valence-corrected chi connectivity index (χ1v) is 15.8. The number of hydrogen-bond donors (Lipinski definition) is 4. The van der Waals surface area contributed by atoms with Crippen molar-refractivity contribution in [3.63, 3.8) is 0 Å². The number of aliphatic hydroxyl groups excluding tert-OH is 1. The lowest BCUT2D eigenvalue weighted by molar-refractivity contribution is -0.136. The van der Waals surface area contributed by atoms with Crippen molar-refractivity contribution < 1.29 is 24.3 Å². The van der Waals surface area contributed by atoms with E-state index in [0.717, 1.165) is 24.5 Å². The molecule has 0 radical (unpaired) electrons. The minimum absolute atomic E-state index is 0.00242. The van der Waals surface area contributed by atoms with Gasteiger partial charge >= 0.3 is 0 Å². The molecule has 2 aliphatic rings. The van der Waals surface area contributed by atoms with E-state index in [9.17, 15) is 24.3 Å². The number of carbonyl (C=O) groups is 4. The van der Waals surface area contributed by atoms with Gasteiger partial charge in [-0.1, -0.05) is 43.7 Å². The molecule has 1 aromatic rings. The van der Waals surface area contributed by atoms with E-state index < -0.39 is 36.5 Å². The number of benzene rings is 1. The van der Waals surface area contributed by atoms with Gasteiger partial charge in [0.25, 0.3) is 5.91 Å². The number of hydrogen-bond acceptors (Lipinski definition) is 8. The highest BCUT2D eigenvalue weighted by Crippen LogP contribution is 2.49. The number of rotatable bonds is 11. The van der Waals surface area contributed by atoms with Crippen LogP contribution < -0.4 is 16.0 Å². The number of carbonyl (C=O) groups excluding carboxylic acids is 4. The lowest BCUT2D eigenvalue weighted by Gasteiger charge is -2.27. The van der Waals surface area contributed by atoms with Crippen molar-refractivity contribution in [3.05, 3.63) is 35.9 Å². The second-order valence-corrected chi connectivity index (χ2v) is 13.9. The smallest absolute Gasteiger partial charge is 0.251 e. The molecule has 10 nitrogen and oxygen atoms in total. The summed E-state index contributed by atoms with van der Waals surface area (Å²) in [7, 11) is 5.15. The van der Waals surface area contributed by atoms with E-state index in [1.807, 2.05) is 43.6 Å². The van der Waals surface area contributed by atoms with Crippen LogP contribution in [0.4, 0.5) is 0 Å². The number of nitrogens with one attached hydrogen (secondary N) is 3. The first kappa shape index (κ1) is 32.2. The van der Waals surface area contributed by atoms with Crippen LogP contribution in [0.2, 0.25) is 0 Å². The van der Waals surface area contributed by atoms with Crippen LogP contribution in [-0.4, -0.2) is 107 Å². The van der Waals surface area contributed by atoms with Crippen LogP contribution in [0.3, 0.4) is 0 Å². The number of likely N-dealkylation sites (N-methyl/N-ethyl adjacent to an activating group) is 2. The van der Waals surface area contributed by atoms with Gasteiger partial charge in [0.05, 0.1) is 22.7 Å². The molecule has 2 fully saturated rings. The van der Waals surface area contributed by atoms with Crippen molar-refractivity contribution in [2.45, 2.75) is 67.3 Å². The number of thioether (sulfide) groups is 2. The Morgan fingerprint density at radius 2 is 1.75 bits per heavy atom. The Bertz CT molecular complexity index is 1020. The molecule has 3 unspecified atom stereocenters. The third-order valence-electron chi connectivity index (χ3n) is 7.22. The van der Waals surface area contributed by atoms with Crippen molar-refractivity contribution in [3.8, 4) is 0 Å². The Hall–Kier alpha value is -2.28. The molecule has 3 rings (SSSR count). The van der Waals surface area contributed by atoms with E-state index in [-0.39, 0.29) is 21.9 Å². The molecule has 1 spiro atoms. The lowest BCUT2D eigenvalue weighted by Crippen LogP contribution is -2.55. The molecule has 40 heavy (non-hydrogen) atoms. The maximum atomic E-state index is 13.3. The van der Waals surface area contributed by atoms with Gasteiger partial charge in [-0.25, -0.2) is 0 Å². The molecule has 4 atom stereocenters. The van der Waals surface area contributed by atoms with Gasteiger partial charge in [0.2, 0.25) is 17.7 Å². The molecular formula is C28H43N5O5S2. The van der Waals surface area contributed by atoms with Crippen molar-refractivity contribution in [1.29, 1.82) is 0 Å². The average molecular weight is 594 g/mol. The molecule has 0 aromatic heterocycles. The number of nitrogens with zero attached hydrogens (tertiary/aromatic N) is 2. The molecule has 2 heterocycles. The van der Waals surface area contributed by atoms with Gasteiger partial charge in [0, 0.05) is 20.6 Å². The van der Waals surface area contributed by atoms with Gasteiger partial charge in [0.15, 0.2) is 6.10 Å². The van der Waals surface area contributed by atoms with Crippen molar-refractivity contribution >= 4 is 47.2 Å². The van der Waals surface area contributed by atoms with Gasteiger partial charge < -0.3 is 26.0 Å². The summed E-state index contributed by atoms with van der Waals surface area (Å²) < 4.78 is 0.00242. The monoisotopic (exact) mass is 593 g/mol. The van der Waals surface area contributed by atoms with E-state index in [1.165, 1.54) is 17.7 Å². The Labute approximate surface area is 245 Å². The van der Waals surface area contributed by atoms with Crippen LogP contribution in [-0.2, 0) is 19.2 Å². The van der Waals surface area contributed by atoms with E-state index in [4.69, 9.17) is 0 Å². The normalized spacial score (nSPS) is 21.1. The maximum Gasteiger partial charge on any atom is 0.251 e. The summed E-state index contributed by atoms with van der Waals surface area (Å²) in [4.78, 5) is 54.9. The average Bonchev–Trinajstić information content (AvgIpc) is 3.10.